The van der Waals surface area contributed by atoms with E-state index in [0.29, 0.717) is 0 Å². The minimum Gasteiger partial charge on any atom is -0.393 e. The van der Waals surface area contributed by atoms with Crippen molar-refractivity contribution < 1.29 is 9.90 Å². The SMILES string of the molecule is CCC(C)C(=O)N1CCC(O)CC1. The molecule has 1 N–H and O–H groups in total. The van der Waals surface area contributed by atoms with E-state index in [1.54, 1.807) is 0 Å². The first-order chi connectivity index (χ1) is 6.15. The Labute approximate surface area is 79.7 Å². The maximum Gasteiger partial charge on any atom is 0.225 e. The van der Waals surface area contributed by atoms with Crippen LogP contribution in [0.15, 0.2) is 0 Å². The molecule has 1 saturated heterocycles. The van der Waals surface area contributed by atoms with E-state index in [9.17, 15) is 9.90 Å². The topological polar surface area (TPSA) is 40.5 Å². The molecule has 13 heavy (non-hydrogen) atoms. The molecule has 1 unspecified atom stereocenters. The van der Waals surface area contributed by atoms with Gasteiger partial charge in [-0.15, -0.1) is 0 Å². The van der Waals surface area contributed by atoms with Crippen LogP contribution < -0.4 is 0 Å². The zero-order chi connectivity index (χ0) is 9.84. The van der Waals surface area contributed by atoms with Crippen molar-refractivity contribution in [3.05, 3.63) is 0 Å². The highest BCUT2D eigenvalue weighted by Crippen LogP contribution is 2.14. The van der Waals surface area contributed by atoms with Crippen LogP contribution in [0, 0.1) is 5.92 Å². The summed E-state index contributed by atoms with van der Waals surface area (Å²) in [6.45, 7) is 5.45. The molecule has 76 valence electrons. The van der Waals surface area contributed by atoms with Gasteiger partial charge in [0.05, 0.1) is 6.10 Å². The average molecular weight is 185 g/mol. The Kier molecular flexibility index (Phi) is 3.72. The van der Waals surface area contributed by atoms with Gasteiger partial charge < -0.3 is 10.0 Å². The molecule has 3 nitrogen and oxygen atoms in total. The van der Waals surface area contributed by atoms with Crippen molar-refractivity contribution in [2.75, 3.05) is 13.1 Å². The summed E-state index contributed by atoms with van der Waals surface area (Å²) < 4.78 is 0. The lowest BCUT2D eigenvalue weighted by Crippen LogP contribution is -2.42. The lowest BCUT2D eigenvalue weighted by Gasteiger charge is -2.31. The van der Waals surface area contributed by atoms with Crippen LogP contribution in [0.5, 0.6) is 0 Å². The van der Waals surface area contributed by atoms with Gasteiger partial charge >= 0.3 is 0 Å². The molecule has 1 aliphatic heterocycles. The monoisotopic (exact) mass is 185 g/mol. The standard InChI is InChI=1S/C10H19NO2/c1-3-8(2)10(13)11-6-4-9(12)5-7-11/h8-9,12H,3-7H2,1-2H3. The van der Waals surface area contributed by atoms with Gasteiger partial charge in [-0.2, -0.15) is 0 Å². The Hall–Kier alpha value is -0.570. The van der Waals surface area contributed by atoms with E-state index in [1.165, 1.54) is 0 Å². The minimum atomic E-state index is -0.194. The summed E-state index contributed by atoms with van der Waals surface area (Å²) in [5, 5.41) is 9.27. The van der Waals surface area contributed by atoms with Gasteiger partial charge in [-0.3, -0.25) is 4.79 Å². The van der Waals surface area contributed by atoms with E-state index in [4.69, 9.17) is 0 Å². The molecule has 1 aliphatic rings. The molecule has 0 aromatic carbocycles. The number of likely N-dealkylation sites (tertiary alicyclic amines) is 1. The third kappa shape index (κ3) is 2.69. The van der Waals surface area contributed by atoms with Crippen LogP contribution in [-0.4, -0.2) is 35.1 Å². The van der Waals surface area contributed by atoms with Gasteiger partial charge in [0.1, 0.15) is 0 Å². The number of carbonyl (C=O) groups is 1. The summed E-state index contributed by atoms with van der Waals surface area (Å²) in [4.78, 5) is 13.6. The first-order valence-electron chi connectivity index (χ1n) is 5.12. The molecule has 1 atom stereocenters. The molecule has 0 aromatic heterocycles. The fraction of sp³-hybridized carbons (Fsp3) is 0.900. The quantitative estimate of drug-likeness (QED) is 0.697. The molecule has 1 heterocycles. The lowest BCUT2D eigenvalue weighted by atomic mass is 10.0. The van der Waals surface area contributed by atoms with E-state index < -0.39 is 0 Å². The normalized spacial score (nSPS) is 21.6. The number of rotatable bonds is 2. The second-order valence-corrected chi connectivity index (χ2v) is 3.87. The molecule has 1 rings (SSSR count). The molecule has 0 bridgehead atoms. The molecule has 1 amide bonds. The molecule has 0 aliphatic carbocycles. The highest BCUT2D eigenvalue weighted by Gasteiger charge is 2.23. The molecular weight excluding hydrogens is 166 g/mol. The summed E-state index contributed by atoms with van der Waals surface area (Å²) in [6.07, 6.45) is 2.18. The molecule has 0 radical (unpaired) electrons. The summed E-state index contributed by atoms with van der Waals surface area (Å²) in [7, 11) is 0. The number of aliphatic hydroxyl groups excluding tert-OH is 1. The third-order valence-electron chi connectivity index (χ3n) is 2.81. The van der Waals surface area contributed by atoms with Crippen molar-refractivity contribution >= 4 is 5.91 Å². The summed E-state index contributed by atoms with van der Waals surface area (Å²) in [6, 6.07) is 0. The first-order valence-corrected chi connectivity index (χ1v) is 5.12. The Balaban J connectivity index is 2.40. The van der Waals surface area contributed by atoms with Crippen LogP contribution in [0.3, 0.4) is 0 Å². The van der Waals surface area contributed by atoms with Crippen molar-refractivity contribution in [2.24, 2.45) is 5.92 Å². The van der Waals surface area contributed by atoms with Crippen LogP contribution in [0.1, 0.15) is 33.1 Å². The van der Waals surface area contributed by atoms with E-state index in [1.807, 2.05) is 18.7 Å². The van der Waals surface area contributed by atoms with Gasteiger partial charge in [0, 0.05) is 19.0 Å². The van der Waals surface area contributed by atoms with Gasteiger partial charge in [-0.05, 0) is 19.3 Å². The molecule has 1 fully saturated rings. The Morgan fingerprint density at radius 1 is 1.54 bits per heavy atom. The van der Waals surface area contributed by atoms with Crippen molar-refractivity contribution in [3.63, 3.8) is 0 Å². The van der Waals surface area contributed by atoms with Gasteiger partial charge in [-0.25, -0.2) is 0 Å². The van der Waals surface area contributed by atoms with Crippen molar-refractivity contribution in [2.45, 2.75) is 39.2 Å². The smallest absolute Gasteiger partial charge is 0.225 e. The highest BCUT2D eigenvalue weighted by atomic mass is 16.3. The van der Waals surface area contributed by atoms with E-state index >= 15 is 0 Å². The van der Waals surface area contributed by atoms with Crippen molar-refractivity contribution in [1.29, 1.82) is 0 Å². The third-order valence-corrected chi connectivity index (χ3v) is 2.81. The largest absolute Gasteiger partial charge is 0.393 e. The summed E-state index contributed by atoms with van der Waals surface area (Å²) >= 11 is 0. The Morgan fingerprint density at radius 2 is 2.08 bits per heavy atom. The number of nitrogens with zero attached hydrogens (tertiary/aromatic N) is 1. The second kappa shape index (κ2) is 4.61. The lowest BCUT2D eigenvalue weighted by molar-refractivity contribution is -0.137. The highest BCUT2D eigenvalue weighted by molar-refractivity contribution is 5.78. The number of amides is 1. The fourth-order valence-electron chi connectivity index (χ4n) is 1.57. The first kappa shape index (κ1) is 10.5. The molecule has 0 spiro atoms. The Morgan fingerprint density at radius 3 is 2.54 bits per heavy atom. The van der Waals surface area contributed by atoms with E-state index in [0.717, 1.165) is 32.4 Å². The van der Waals surface area contributed by atoms with Gasteiger partial charge in [0.2, 0.25) is 5.91 Å². The maximum absolute atomic E-state index is 11.7. The van der Waals surface area contributed by atoms with E-state index in [-0.39, 0.29) is 17.9 Å². The number of hydrogen-bond donors (Lipinski definition) is 1. The van der Waals surface area contributed by atoms with Crippen LogP contribution >= 0.6 is 0 Å². The van der Waals surface area contributed by atoms with Crippen LogP contribution in [0.2, 0.25) is 0 Å². The number of carbonyl (C=O) groups excluding carboxylic acids is 1. The van der Waals surface area contributed by atoms with Gasteiger partial charge in [-0.1, -0.05) is 13.8 Å². The predicted octanol–water partition coefficient (Wildman–Crippen LogP) is 1.02. The van der Waals surface area contributed by atoms with Crippen LogP contribution in [0.25, 0.3) is 0 Å². The molecule has 3 heteroatoms. The predicted molar refractivity (Wildman–Crippen MR) is 51.3 cm³/mol. The fourth-order valence-corrected chi connectivity index (χ4v) is 1.57. The zero-order valence-corrected chi connectivity index (χ0v) is 8.49. The van der Waals surface area contributed by atoms with E-state index in [2.05, 4.69) is 0 Å². The van der Waals surface area contributed by atoms with Crippen molar-refractivity contribution in [1.82, 2.24) is 4.90 Å². The number of aliphatic hydroxyl groups is 1. The molecule has 0 aromatic rings. The Bertz CT molecular complexity index is 174. The zero-order valence-electron chi connectivity index (χ0n) is 8.49. The minimum absolute atomic E-state index is 0.134. The van der Waals surface area contributed by atoms with Crippen LogP contribution in [0.4, 0.5) is 0 Å². The maximum atomic E-state index is 11.7. The molecule has 0 saturated carbocycles. The average Bonchev–Trinajstić information content (AvgIpc) is 2.17. The summed E-state index contributed by atoms with van der Waals surface area (Å²) in [5.41, 5.74) is 0. The van der Waals surface area contributed by atoms with Gasteiger partial charge in [0.15, 0.2) is 0 Å². The number of hydrogen-bond acceptors (Lipinski definition) is 2. The second-order valence-electron chi connectivity index (χ2n) is 3.87. The summed E-state index contributed by atoms with van der Waals surface area (Å²) in [5.74, 6) is 0.379. The van der Waals surface area contributed by atoms with Gasteiger partial charge in [0.25, 0.3) is 0 Å². The number of piperidine rings is 1. The molecular formula is C10H19NO2. The van der Waals surface area contributed by atoms with Crippen molar-refractivity contribution in [3.8, 4) is 0 Å². The van der Waals surface area contributed by atoms with Crippen LogP contribution in [-0.2, 0) is 4.79 Å².